The van der Waals surface area contributed by atoms with Crippen LogP contribution in [0.1, 0.15) is 10.4 Å². The minimum atomic E-state index is -2.08. The van der Waals surface area contributed by atoms with Crippen LogP contribution in [-0.4, -0.2) is 23.0 Å². The molecule has 0 saturated carbocycles. The largest absolute Gasteiger partial charge is 0.465 e. The molecule has 0 spiro atoms. The van der Waals surface area contributed by atoms with Crippen LogP contribution in [0.5, 0.6) is 0 Å². The van der Waals surface area contributed by atoms with E-state index in [9.17, 15) is 14.0 Å². The molecular weight excluding hydrogens is 528 g/mol. The number of halogens is 6. The van der Waals surface area contributed by atoms with Gasteiger partial charge in [-0.2, -0.15) is 0 Å². The predicted octanol–water partition coefficient (Wildman–Crippen LogP) is 4.43. The summed E-state index contributed by atoms with van der Waals surface area (Å²) in [6.45, 7) is 0. The average Bonchev–Trinajstić information content (AvgIpc) is 2.36. The Kier molecular flexibility index (Phi) is 6.79. The Morgan fingerprint density at radius 1 is 1.43 bits per heavy atom. The van der Waals surface area contributed by atoms with Gasteiger partial charge in [0, 0.05) is 3.57 Å². The van der Waals surface area contributed by atoms with Gasteiger partial charge in [-0.3, -0.25) is 5.32 Å². The first-order valence-corrected chi connectivity index (χ1v) is 7.99. The number of anilines is 1. The first kappa shape index (κ1) is 19.0. The summed E-state index contributed by atoms with van der Waals surface area (Å²) in [6.07, 6.45) is 0. The first-order chi connectivity index (χ1) is 9.56. The van der Waals surface area contributed by atoms with Crippen LogP contribution in [0.3, 0.4) is 0 Å². The fourth-order valence-corrected chi connectivity index (χ4v) is 2.38. The highest BCUT2D eigenvalue weighted by molar-refractivity contribution is 14.1. The number of ether oxygens (including phenoxy) is 1. The summed E-state index contributed by atoms with van der Waals surface area (Å²) in [5.74, 6) is -1.69. The molecule has 0 atom stereocenters. The molecule has 21 heavy (non-hydrogen) atoms. The third-order valence-electron chi connectivity index (χ3n) is 2.06. The molecule has 1 aromatic carbocycles. The molecule has 2 N–H and O–H groups in total. The van der Waals surface area contributed by atoms with Gasteiger partial charge >= 0.3 is 12.0 Å². The van der Waals surface area contributed by atoms with Crippen molar-refractivity contribution in [3.8, 4) is 0 Å². The van der Waals surface area contributed by atoms with E-state index in [1.807, 2.05) is 27.9 Å². The van der Waals surface area contributed by atoms with E-state index in [1.54, 1.807) is 0 Å². The minimum Gasteiger partial charge on any atom is -0.465 e. The molecule has 0 heterocycles. The molecule has 0 bridgehead atoms. The molecule has 1 aromatic rings. The number of urea groups is 1. The number of alkyl halides is 3. The third kappa shape index (κ3) is 5.27. The van der Waals surface area contributed by atoms with Gasteiger partial charge in [-0.25, -0.2) is 14.0 Å². The summed E-state index contributed by atoms with van der Waals surface area (Å²) in [4.78, 5) is 23.3. The first-order valence-electron chi connectivity index (χ1n) is 4.98. The zero-order valence-electron chi connectivity index (χ0n) is 10.1. The van der Waals surface area contributed by atoms with Crippen molar-refractivity contribution in [2.75, 3.05) is 12.4 Å². The second kappa shape index (κ2) is 7.49. The van der Waals surface area contributed by atoms with Crippen LogP contribution in [0, 0.1) is 9.39 Å². The number of hydrogen-bond acceptors (Lipinski definition) is 3. The smallest absolute Gasteiger partial charge is 0.340 e. The van der Waals surface area contributed by atoms with Crippen LogP contribution in [0.15, 0.2) is 10.5 Å². The van der Waals surface area contributed by atoms with E-state index in [1.165, 1.54) is 6.07 Å². The van der Waals surface area contributed by atoms with Gasteiger partial charge in [0.15, 0.2) is 5.82 Å². The Bertz CT molecular complexity index is 598. The number of amides is 2. The number of carbonyl (C=O) groups excluding carboxylic acids is 2. The lowest BCUT2D eigenvalue weighted by Crippen LogP contribution is -2.38. The number of benzene rings is 1. The molecule has 0 fully saturated rings. The van der Waals surface area contributed by atoms with Crippen LogP contribution in [0.2, 0.25) is 0 Å². The molecule has 0 unspecified atom stereocenters. The summed E-state index contributed by atoms with van der Waals surface area (Å²) in [5.41, 5.74) is -0.581. The van der Waals surface area contributed by atoms with Crippen LogP contribution >= 0.6 is 73.3 Å². The normalized spacial score (nSPS) is 11.0. The summed E-state index contributed by atoms with van der Waals surface area (Å²) < 4.78 is 17.2. The zero-order chi connectivity index (χ0) is 16.4. The molecule has 0 aliphatic carbocycles. The molecule has 0 aromatic heterocycles. The second-order valence-electron chi connectivity index (χ2n) is 3.48. The summed E-state index contributed by atoms with van der Waals surface area (Å²) >= 11 is 21.0. The van der Waals surface area contributed by atoms with Crippen molar-refractivity contribution < 1.29 is 18.7 Å². The summed E-state index contributed by atoms with van der Waals surface area (Å²) in [6, 6.07) is 0.331. The van der Waals surface area contributed by atoms with E-state index < -0.39 is 27.4 Å². The molecule has 2 amide bonds. The Labute approximate surface area is 156 Å². The lowest BCUT2D eigenvalue weighted by molar-refractivity contribution is 0.0601. The van der Waals surface area contributed by atoms with Gasteiger partial charge in [0.25, 0.3) is 3.92 Å². The minimum absolute atomic E-state index is 0.0694. The van der Waals surface area contributed by atoms with E-state index in [-0.39, 0.29) is 10.0 Å². The van der Waals surface area contributed by atoms with E-state index in [4.69, 9.17) is 34.8 Å². The number of esters is 1. The maximum Gasteiger partial charge on any atom is 0.340 e. The summed E-state index contributed by atoms with van der Waals surface area (Å²) in [7, 11) is 1.13. The quantitative estimate of drug-likeness (QED) is 0.194. The van der Waals surface area contributed by atoms with Crippen molar-refractivity contribution in [3.05, 3.63) is 25.5 Å². The van der Waals surface area contributed by atoms with Crippen LogP contribution in [-0.2, 0) is 4.74 Å². The van der Waals surface area contributed by atoms with Crippen LogP contribution in [0.4, 0.5) is 14.9 Å². The fraction of sp³-hybridized carbons (Fsp3) is 0.200. The molecule has 0 saturated heterocycles. The van der Waals surface area contributed by atoms with Crippen molar-refractivity contribution in [1.82, 2.24) is 5.32 Å². The van der Waals surface area contributed by atoms with Crippen molar-refractivity contribution in [2.24, 2.45) is 0 Å². The highest BCUT2D eigenvalue weighted by atomic mass is 127. The molecular formula is C10H6BrCl3FIN2O3. The van der Waals surface area contributed by atoms with Gasteiger partial charge in [-0.1, -0.05) is 34.8 Å². The van der Waals surface area contributed by atoms with Gasteiger partial charge < -0.3 is 10.1 Å². The second-order valence-corrected chi connectivity index (χ2v) is 7.71. The molecule has 116 valence electrons. The summed E-state index contributed by atoms with van der Waals surface area (Å²) in [5, 5.41) is 4.03. The number of hydrogen-bond donors (Lipinski definition) is 2. The predicted molar refractivity (Wildman–Crippen MR) is 90.6 cm³/mol. The van der Waals surface area contributed by atoms with E-state index in [0.717, 1.165) is 7.11 Å². The Balaban J connectivity index is 3.24. The van der Waals surface area contributed by atoms with Crippen LogP contribution in [0.25, 0.3) is 0 Å². The molecule has 1 rings (SSSR count). The highest BCUT2D eigenvalue weighted by Crippen LogP contribution is 2.32. The van der Waals surface area contributed by atoms with Crippen molar-refractivity contribution in [2.45, 2.75) is 3.92 Å². The fourth-order valence-electron chi connectivity index (χ4n) is 1.26. The lowest BCUT2D eigenvalue weighted by atomic mass is 10.1. The Hall–Kier alpha value is -0.0300. The Morgan fingerprint density at radius 3 is 2.48 bits per heavy atom. The van der Waals surface area contributed by atoms with E-state index in [2.05, 4.69) is 26.0 Å². The van der Waals surface area contributed by atoms with Gasteiger partial charge in [-0.15, -0.1) is 0 Å². The van der Waals surface area contributed by atoms with Crippen molar-refractivity contribution >= 4 is 91.0 Å². The lowest BCUT2D eigenvalue weighted by Gasteiger charge is -2.16. The standard InChI is InChI=1S/C10H6BrCl3FIN2O3/c1-21-8(19)3-2-4(16)5(11)6(15)7(3)17-9(20)18-10(12,13)14/h2H,1H3,(H2,17,18,20). The number of nitrogens with one attached hydrogen (secondary N) is 2. The number of carbonyl (C=O) groups is 2. The highest BCUT2D eigenvalue weighted by Gasteiger charge is 2.26. The molecule has 11 heteroatoms. The number of methoxy groups -OCH3 is 1. The third-order valence-corrected chi connectivity index (χ3v) is 4.71. The monoisotopic (exact) mass is 532 g/mol. The number of rotatable bonds is 2. The molecule has 0 aliphatic heterocycles. The van der Waals surface area contributed by atoms with Gasteiger partial charge in [0.05, 0.1) is 22.8 Å². The van der Waals surface area contributed by atoms with Gasteiger partial charge in [-0.05, 0) is 44.6 Å². The van der Waals surface area contributed by atoms with Crippen molar-refractivity contribution in [3.63, 3.8) is 0 Å². The maximum atomic E-state index is 14.2. The van der Waals surface area contributed by atoms with E-state index >= 15 is 0 Å². The van der Waals surface area contributed by atoms with Gasteiger partial charge in [0.2, 0.25) is 0 Å². The SMILES string of the molecule is COC(=O)c1cc(I)c(Br)c(F)c1NC(=O)NC(Cl)(Cl)Cl. The zero-order valence-corrected chi connectivity index (χ0v) is 16.1. The maximum absolute atomic E-state index is 14.2. The molecule has 0 radical (unpaired) electrons. The van der Waals surface area contributed by atoms with Crippen LogP contribution < -0.4 is 10.6 Å². The topological polar surface area (TPSA) is 67.4 Å². The van der Waals surface area contributed by atoms with Crippen molar-refractivity contribution in [1.29, 1.82) is 0 Å². The average molecular weight is 534 g/mol. The van der Waals surface area contributed by atoms with E-state index in [0.29, 0.717) is 3.57 Å². The van der Waals surface area contributed by atoms with Gasteiger partial charge in [0.1, 0.15) is 0 Å². The Morgan fingerprint density at radius 2 is 2.00 bits per heavy atom. The molecule has 5 nitrogen and oxygen atoms in total. The molecule has 0 aliphatic rings.